The Kier molecular flexibility index (Phi) is 4.32. The normalized spacial score (nSPS) is 42.0. The van der Waals surface area contributed by atoms with Gasteiger partial charge in [0.05, 0.1) is 24.8 Å². The first kappa shape index (κ1) is 15.8. The lowest BCUT2D eigenvalue weighted by Gasteiger charge is -2.46. The molecule has 7 nitrogen and oxygen atoms in total. The number of carbonyl (C=O) groups excluding carboxylic acids is 1. The molecule has 4 fully saturated rings. The fourth-order valence-electron chi connectivity index (χ4n) is 4.15. The van der Waals surface area contributed by atoms with Crippen LogP contribution in [0.3, 0.4) is 0 Å². The van der Waals surface area contributed by atoms with Crippen molar-refractivity contribution in [1.29, 1.82) is 0 Å². The Morgan fingerprint density at radius 1 is 1.26 bits per heavy atom. The van der Waals surface area contributed by atoms with Crippen molar-refractivity contribution in [2.75, 3.05) is 26.2 Å². The fourth-order valence-corrected chi connectivity index (χ4v) is 4.15. The summed E-state index contributed by atoms with van der Waals surface area (Å²) in [7, 11) is 0. The van der Waals surface area contributed by atoms with E-state index in [9.17, 15) is 9.90 Å². The molecule has 3 aliphatic heterocycles. The highest BCUT2D eigenvalue weighted by Gasteiger charge is 2.52. The van der Waals surface area contributed by atoms with E-state index in [1.165, 1.54) is 12.8 Å². The number of ether oxygens (including phenoxy) is 2. The largest absolute Gasteiger partial charge is 0.390 e. The lowest BCUT2D eigenvalue weighted by molar-refractivity contribution is -0.185. The molecule has 0 spiro atoms. The van der Waals surface area contributed by atoms with Crippen molar-refractivity contribution < 1.29 is 19.4 Å². The molecule has 1 amide bonds. The monoisotopic (exact) mass is 325 g/mol. The predicted molar refractivity (Wildman–Crippen MR) is 82.4 cm³/mol. The van der Waals surface area contributed by atoms with E-state index in [-0.39, 0.29) is 36.3 Å². The Labute approximate surface area is 136 Å². The van der Waals surface area contributed by atoms with Crippen LogP contribution in [0.25, 0.3) is 0 Å². The highest BCUT2D eigenvalue weighted by molar-refractivity contribution is 5.76. The first-order chi connectivity index (χ1) is 11.1. The molecule has 0 aromatic rings. The summed E-state index contributed by atoms with van der Waals surface area (Å²) in [4.78, 5) is 13.5. The van der Waals surface area contributed by atoms with Gasteiger partial charge in [0.15, 0.2) is 6.29 Å². The SMILES string of the molecule is NC(=O)C1CCN([C@H]2[C@@H]3OC[C@@H](O3)[C@@H](NCC3CC3)[C@@H]2O)CC1. The van der Waals surface area contributed by atoms with Crippen LogP contribution in [0.15, 0.2) is 0 Å². The van der Waals surface area contributed by atoms with E-state index < -0.39 is 6.10 Å². The number of hydrogen-bond donors (Lipinski definition) is 3. The van der Waals surface area contributed by atoms with Crippen LogP contribution < -0.4 is 11.1 Å². The van der Waals surface area contributed by atoms with Gasteiger partial charge in [-0.3, -0.25) is 9.69 Å². The zero-order chi connectivity index (χ0) is 16.0. The molecule has 7 heteroatoms. The van der Waals surface area contributed by atoms with Gasteiger partial charge in [-0.15, -0.1) is 0 Å². The highest BCUT2D eigenvalue weighted by Crippen LogP contribution is 2.34. The van der Waals surface area contributed by atoms with Crippen molar-refractivity contribution in [1.82, 2.24) is 10.2 Å². The summed E-state index contributed by atoms with van der Waals surface area (Å²) in [5.41, 5.74) is 5.41. The van der Waals surface area contributed by atoms with Gasteiger partial charge in [0, 0.05) is 5.92 Å². The van der Waals surface area contributed by atoms with Crippen molar-refractivity contribution in [3.05, 3.63) is 0 Å². The second kappa shape index (κ2) is 6.29. The summed E-state index contributed by atoms with van der Waals surface area (Å²) in [5, 5.41) is 14.4. The number of aliphatic hydroxyl groups is 1. The van der Waals surface area contributed by atoms with Crippen molar-refractivity contribution in [3.63, 3.8) is 0 Å². The summed E-state index contributed by atoms with van der Waals surface area (Å²) < 4.78 is 11.8. The lowest BCUT2D eigenvalue weighted by atomic mass is 9.90. The van der Waals surface area contributed by atoms with E-state index in [1.54, 1.807) is 0 Å². The number of fused-ring (bicyclic) bond motifs is 2. The third-order valence-corrected chi connectivity index (χ3v) is 5.82. The summed E-state index contributed by atoms with van der Waals surface area (Å²) in [6.07, 6.45) is 3.12. The van der Waals surface area contributed by atoms with Crippen molar-refractivity contribution in [2.24, 2.45) is 17.6 Å². The molecular formula is C16H27N3O4. The maximum absolute atomic E-state index is 11.3. The molecule has 1 aliphatic carbocycles. The second-order valence-electron chi connectivity index (χ2n) is 7.45. The number of piperidine rings is 1. The van der Waals surface area contributed by atoms with Crippen LogP contribution in [0.2, 0.25) is 0 Å². The van der Waals surface area contributed by atoms with Crippen LogP contribution in [-0.2, 0) is 14.3 Å². The Morgan fingerprint density at radius 2 is 2.00 bits per heavy atom. The number of nitrogens with zero attached hydrogens (tertiary/aromatic N) is 1. The van der Waals surface area contributed by atoms with Crippen LogP contribution in [0.1, 0.15) is 25.7 Å². The number of primary amides is 1. The number of nitrogens with two attached hydrogens (primary N) is 1. The average molecular weight is 325 g/mol. The van der Waals surface area contributed by atoms with E-state index in [2.05, 4.69) is 10.2 Å². The van der Waals surface area contributed by atoms with Gasteiger partial charge in [-0.25, -0.2) is 0 Å². The molecule has 130 valence electrons. The maximum Gasteiger partial charge on any atom is 0.220 e. The molecule has 0 aromatic carbocycles. The predicted octanol–water partition coefficient (Wildman–Crippen LogP) is -0.963. The maximum atomic E-state index is 11.3. The molecular weight excluding hydrogens is 298 g/mol. The number of nitrogens with one attached hydrogen (secondary N) is 1. The van der Waals surface area contributed by atoms with E-state index in [4.69, 9.17) is 15.2 Å². The molecule has 5 atom stereocenters. The molecule has 0 aromatic heterocycles. The molecule has 0 unspecified atom stereocenters. The Hall–Kier alpha value is -0.730. The van der Waals surface area contributed by atoms with Crippen LogP contribution in [0.5, 0.6) is 0 Å². The van der Waals surface area contributed by atoms with Crippen LogP contribution in [-0.4, -0.2) is 72.7 Å². The van der Waals surface area contributed by atoms with Crippen molar-refractivity contribution >= 4 is 5.91 Å². The third kappa shape index (κ3) is 3.13. The zero-order valence-corrected chi connectivity index (χ0v) is 13.4. The number of aliphatic hydroxyl groups excluding tert-OH is 1. The minimum atomic E-state index is -0.509. The Balaban J connectivity index is 1.41. The number of carbonyl (C=O) groups is 1. The molecule has 3 heterocycles. The second-order valence-corrected chi connectivity index (χ2v) is 7.45. The first-order valence-corrected chi connectivity index (χ1v) is 8.85. The highest BCUT2D eigenvalue weighted by atomic mass is 16.7. The molecule has 4 aliphatic rings. The van der Waals surface area contributed by atoms with Gasteiger partial charge in [0.1, 0.15) is 6.10 Å². The Bertz CT molecular complexity index is 451. The minimum absolute atomic E-state index is 0.0473. The standard InChI is InChI=1S/C16H27N3O4/c17-15(21)10-3-5-19(6-4-10)13-14(20)12(18-7-9-1-2-9)11-8-22-16(13)23-11/h9-14,16,18,20H,1-8H2,(H2,17,21)/t11-,12-,13-,14+,16-/m1/s1. The fraction of sp³-hybridized carbons (Fsp3) is 0.938. The van der Waals surface area contributed by atoms with Gasteiger partial charge in [0.2, 0.25) is 5.91 Å². The molecule has 2 bridgehead atoms. The Morgan fingerprint density at radius 3 is 2.65 bits per heavy atom. The number of rotatable bonds is 5. The molecule has 23 heavy (non-hydrogen) atoms. The van der Waals surface area contributed by atoms with Crippen LogP contribution in [0.4, 0.5) is 0 Å². The average Bonchev–Trinajstić information content (AvgIpc) is 3.27. The quantitative estimate of drug-likeness (QED) is 0.602. The summed E-state index contributed by atoms with van der Waals surface area (Å²) in [6.45, 7) is 2.98. The van der Waals surface area contributed by atoms with Gasteiger partial charge in [0.25, 0.3) is 0 Å². The molecule has 4 rings (SSSR count). The third-order valence-electron chi connectivity index (χ3n) is 5.82. The van der Waals surface area contributed by atoms with E-state index >= 15 is 0 Å². The number of hydrogen-bond acceptors (Lipinski definition) is 6. The molecule has 0 radical (unpaired) electrons. The van der Waals surface area contributed by atoms with Gasteiger partial charge >= 0.3 is 0 Å². The van der Waals surface area contributed by atoms with Crippen molar-refractivity contribution in [2.45, 2.75) is 56.3 Å². The smallest absolute Gasteiger partial charge is 0.220 e. The topological polar surface area (TPSA) is 97.1 Å². The molecule has 4 N–H and O–H groups in total. The molecule has 3 saturated heterocycles. The van der Waals surface area contributed by atoms with Crippen LogP contribution >= 0.6 is 0 Å². The molecule has 1 saturated carbocycles. The van der Waals surface area contributed by atoms with E-state index in [0.717, 1.165) is 38.4 Å². The van der Waals surface area contributed by atoms with Gasteiger partial charge in [-0.05, 0) is 51.2 Å². The number of likely N-dealkylation sites (tertiary alicyclic amines) is 1. The van der Waals surface area contributed by atoms with Gasteiger partial charge in [-0.1, -0.05) is 0 Å². The summed E-state index contributed by atoms with van der Waals surface area (Å²) in [5.74, 6) is 0.493. The first-order valence-electron chi connectivity index (χ1n) is 8.85. The van der Waals surface area contributed by atoms with E-state index in [1.807, 2.05) is 0 Å². The minimum Gasteiger partial charge on any atom is -0.390 e. The zero-order valence-electron chi connectivity index (χ0n) is 13.4. The summed E-state index contributed by atoms with van der Waals surface area (Å²) >= 11 is 0. The summed E-state index contributed by atoms with van der Waals surface area (Å²) in [6, 6.07) is -0.243. The number of amides is 1. The van der Waals surface area contributed by atoms with Gasteiger partial charge < -0.3 is 25.6 Å². The van der Waals surface area contributed by atoms with E-state index in [0.29, 0.717) is 6.61 Å². The lowest BCUT2D eigenvalue weighted by Crippen LogP contribution is -2.65. The van der Waals surface area contributed by atoms with Crippen molar-refractivity contribution in [3.8, 4) is 0 Å². The van der Waals surface area contributed by atoms with Crippen LogP contribution in [0, 0.1) is 11.8 Å². The van der Waals surface area contributed by atoms with Gasteiger partial charge in [-0.2, -0.15) is 0 Å².